The number of fused-ring (bicyclic) bond motifs is 3. The average molecular weight is 342 g/mol. The van der Waals surface area contributed by atoms with Crippen molar-refractivity contribution in [3.8, 4) is 0 Å². The smallest absolute Gasteiger partial charge is 0.153 e. The molecule has 4 aliphatic carbocycles. The highest BCUT2D eigenvalue weighted by Gasteiger charge is 2.70. The van der Waals surface area contributed by atoms with Gasteiger partial charge in [-0.3, -0.25) is 0 Å². The first-order valence-electron chi connectivity index (χ1n) is 8.52. The molecule has 124 valence electrons. The molecule has 0 amide bonds. The van der Waals surface area contributed by atoms with Gasteiger partial charge in [0.15, 0.2) is 9.84 Å². The number of rotatable bonds is 4. The van der Waals surface area contributed by atoms with Crippen molar-refractivity contribution in [1.82, 2.24) is 19.5 Å². The summed E-state index contributed by atoms with van der Waals surface area (Å²) >= 11 is 0. The van der Waals surface area contributed by atoms with E-state index >= 15 is 0 Å². The fourth-order valence-electron chi connectivity index (χ4n) is 5.19. The number of sulfone groups is 1. The second kappa shape index (κ2) is 3.85. The second-order valence-electron chi connectivity index (χ2n) is 8.11. The van der Waals surface area contributed by atoms with Gasteiger partial charge in [0.25, 0.3) is 0 Å². The Morgan fingerprint density at radius 3 is 2.79 bits per heavy atom. The van der Waals surface area contributed by atoms with Gasteiger partial charge in [-0.1, -0.05) is 0 Å². The predicted octanol–water partition coefficient (Wildman–Crippen LogP) is 2.37. The van der Waals surface area contributed by atoms with Crippen LogP contribution in [0.15, 0.2) is 24.8 Å². The summed E-state index contributed by atoms with van der Waals surface area (Å²) in [5, 5.41) is 1.05. The molecule has 4 fully saturated rings. The van der Waals surface area contributed by atoms with Gasteiger partial charge in [0, 0.05) is 17.1 Å². The fourth-order valence-corrected chi connectivity index (χ4v) is 7.44. The third-order valence-electron chi connectivity index (χ3n) is 6.25. The van der Waals surface area contributed by atoms with Crippen molar-refractivity contribution in [1.29, 1.82) is 0 Å². The summed E-state index contributed by atoms with van der Waals surface area (Å²) in [6.07, 6.45) is 10.3. The molecular formula is C17H18N4O2S. The number of pyridine rings is 1. The first-order valence-corrected chi connectivity index (χ1v) is 10.2. The SMILES string of the molecule is O=S(=O)(CC12CC(n3cnc4cnc5[nH]ccc5c43)(C1)C2)C1CC1. The molecule has 0 spiro atoms. The highest BCUT2D eigenvalue weighted by atomic mass is 32.2. The Hall–Kier alpha value is -1.89. The quantitative estimate of drug-likeness (QED) is 0.789. The Kier molecular flexibility index (Phi) is 2.15. The van der Waals surface area contributed by atoms with Gasteiger partial charge in [0.1, 0.15) is 11.2 Å². The summed E-state index contributed by atoms with van der Waals surface area (Å²) < 4.78 is 27.0. The van der Waals surface area contributed by atoms with Gasteiger partial charge in [0.2, 0.25) is 0 Å². The van der Waals surface area contributed by atoms with Crippen LogP contribution in [0.5, 0.6) is 0 Å². The molecule has 0 aromatic carbocycles. The zero-order valence-electron chi connectivity index (χ0n) is 13.2. The summed E-state index contributed by atoms with van der Waals surface area (Å²) in [7, 11) is -2.87. The third kappa shape index (κ3) is 1.54. The lowest BCUT2D eigenvalue weighted by molar-refractivity contribution is -0.168. The highest BCUT2D eigenvalue weighted by molar-refractivity contribution is 7.92. The fraction of sp³-hybridized carbons (Fsp3) is 0.529. The van der Waals surface area contributed by atoms with Crippen LogP contribution in [-0.2, 0) is 15.4 Å². The van der Waals surface area contributed by atoms with Gasteiger partial charge in [0.05, 0.1) is 29.0 Å². The maximum absolute atomic E-state index is 12.3. The molecule has 24 heavy (non-hydrogen) atoms. The van der Waals surface area contributed by atoms with E-state index in [-0.39, 0.29) is 16.2 Å². The molecule has 3 heterocycles. The number of H-pyrrole nitrogens is 1. The molecule has 7 rings (SSSR count). The van der Waals surface area contributed by atoms with E-state index in [1.54, 1.807) is 0 Å². The van der Waals surface area contributed by atoms with Crippen LogP contribution >= 0.6 is 0 Å². The van der Waals surface area contributed by atoms with E-state index in [0.717, 1.165) is 54.2 Å². The molecule has 4 saturated carbocycles. The lowest BCUT2D eigenvalue weighted by Crippen LogP contribution is -2.69. The zero-order valence-corrected chi connectivity index (χ0v) is 14.0. The van der Waals surface area contributed by atoms with E-state index in [4.69, 9.17) is 0 Å². The number of hydrogen-bond acceptors (Lipinski definition) is 4. The van der Waals surface area contributed by atoms with Crippen LogP contribution in [0.1, 0.15) is 32.1 Å². The van der Waals surface area contributed by atoms with E-state index in [1.807, 2.05) is 24.8 Å². The Morgan fingerprint density at radius 2 is 2.04 bits per heavy atom. The number of nitrogens with one attached hydrogen (secondary N) is 1. The Bertz CT molecular complexity index is 1090. The number of hydrogen-bond donors (Lipinski definition) is 1. The van der Waals surface area contributed by atoms with Crippen LogP contribution in [0.25, 0.3) is 22.1 Å². The van der Waals surface area contributed by atoms with Crippen LogP contribution in [0, 0.1) is 5.41 Å². The third-order valence-corrected chi connectivity index (χ3v) is 8.76. The van der Waals surface area contributed by atoms with Gasteiger partial charge >= 0.3 is 0 Å². The van der Waals surface area contributed by atoms with Gasteiger partial charge in [-0.15, -0.1) is 0 Å². The molecule has 4 aliphatic rings. The second-order valence-corrected chi connectivity index (χ2v) is 10.4. The number of aromatic nitrogens is 4. The molecule has 0 aliphatic heterocycles. The number of imidazole rings is 1. The van der Waals surface area contributed by atoms with E-state index in [2.05, 4.69) is 19.5 Å². The molecule has 0 unspecified atom stereocenters. The van der Waals surface area contributed by atoms with E-state index in [9.17, 15) is 8.42 Å². The number of nitrogens with zero attached hydrogens (tertiary/aromatic N) is 3. The predicted molar refractivity (Wildman–Crippen MR) is 90.5 cm³/mol. The van der Waals surface area contributed by atoms with Crippen molar-refractivity contribution in [2.24, 2.45) is 5.41 Å². The molecule has 0 saturated heterocycles. The van der Waals surface area contributed by atoms with Crippen LogP contribution in [-0.4, -0.2) is 38.9 Å². The first kappa shape index (κ1) is 13.4. The molecular weight excluding hydrogens is 324 g/mol. The summed E-state index contributed by atoms with van der Waals surface area (Å²) in [5.74, 6) is 0.389. The standard InChI is InChI=1S/C17H18N4O2S/c22-24(23,11-1-2-11)9-16-6-17(7-16,8-16)21-10-20-13-5-19-15-12(14(13)21)3-4-18-15/h3-5,10-11H,1-2,6-9H2,(H,18,19). The topological polar surface area (TPSA) is 80.6 Å². The van der Waals surface area contributed by atoms with Crippen molar-refractivity contribution in [2.75, 3.05) is 5.75 Å². The average Bonchev–Trinajstić information content (AvgIpc) is 3.09. The molecule has 3 aromatic heterocycles. The molecule has 3 aromatic rings. The van der Waals surface area contributed by atoms with E-state index in [0.29, 0.717) is 5.75 Å². The van der Waals surface area contributed by atoms with Crippen molar-refractivity contribution in [3.05, 3.63) is 24.8 Å². The maximum atomic E-state index is 12.3. The zero-order chi connectivity index (χ0) is 16.2. The largest absolute Gasteiger partial charge is 0.346 e. The maximum Gasteiger partial charge on any atom is 0.153 e. The molecule has 0 radical (unpaired) electrons. The summed E-state index contributed by atoms with van der Waals surface area (Å²) in [4.78, 5) is 12.1. The minimum atomic E-state index is -2.87. The van der Waals surface area contributed by atoms with Gasteiger partial charge in [-0.05, 0) is 43.6 Å². The Balaban J connectivity index is 1.37. The van der Waals surface area contributed by atoms with Crippen molar-refractivity contribution in [2.45, 2.75) is 42.9 Å². The van der Waals surface area contributed by atoms with Crippen LogP contribution in [0.2, 0.25) is 0 Å². The van der Waals surface area contributed by atoms with Crippen LogP contribution in [0.4, 0.5) is 0 Å². The minimum Gasteiger partial charge on any atom is -0.346 e. The highest BCUT2D eigenvalue weighted by Crippen LogP contribution is 2.72. The van der Waals surface area contributed by atoms with Crippen molar-refractivity contribution < 1.29 is 8.42 Å². The lowest BCUT2D eigenvalue weighted by Gasteiger charge is -2.71. The molecule has 6 nitrogen and oxygen atoms in total. The summed E-state index contributed by atoms with van der Waals surface area (Å²) in [5.41, 5.74) is 3.01. The summed E-state index contributed by atoms with van der Waals surface area (Å²) in [6.45, 7) is 0. The minimum absolute atomic E-state index is 0.0301. The molecule has 1 N–H and O–H groups in total. The normalized spacial score (nSPS) is 32.0. The van der Waals surface area contributed by atoms with E-state index in [1.165, 1.54) is 0 Å². The molecule has 2 bridgehead atoms. The first-order chi connectivity index (χ1) is 11.5. The number of aromatic amines is 1. The van der Waals surface area contributed by atoms with Gasteiger partial charge in [-0.2, -0.15) is 0 Å². The van der Waals surface area contributed by atoms with Crippen LogP contribution in [0.3, 0.4) is 0 Å². The van der Waals surface area contributed by atoms with Gasteiger partial charge < -0.3 is 9.55 Å². The van der Waals surface area contributed by atoms with Crippen molar-refractivity contribution >= 4 is 31.9 Å². The monoisotopic (exact) mass is 342 g/mol. The van der Waals surface area contributed by atoms with E-state index < -0.39 is 9.84 Å². The Morgan fingerprint density at radius 1 is 1.25 bits per heavy atom. The van der Waals surface area contributed by atoms with Gasteiger partial charge in [-0.25, -0.2) is 18.4 Å². The van der Waals surface area contributed by atoms with Crippen molar-refractivity contribution in [3.63, 3.8) is 0 Å². The summed E-state index contributed by atoms with van der Waals surface area (Å²) in [6, 6.07) is 2.04. The molecule has 7 heteroatoms. The lowest BCUT2D eigenvalue weighted by atomic mass is 9.40. The van der Waals surface area contributed by atoms with Crippen LogP contribution < -0.4 is 0 Å². The molecule has 0 atom stereocenters. The Labute approximate surface area is 139 Å².